The van der Waals surface area contributed by atoms with Crippen LogP contribution in [0.2, 0.25) is 0 Å². The molecule has 204 valence electrons. The Labute approximate surface area is 230 Å². The van der Waals surface area contributed by atoms with Crippen LogP contribution in [0, 0.1) is 0 Å². The van der Waals surface area contributed by atoms with Gasteiger partial charge in [0.25, 0.3) is 0 Å². The Balaban J connectivity index is 1.19. The summed E-state index contributed by atoms with van der Waals surface area (Å²) in [6, 6.07) is 21.3. The second kappa shape index (κ2) is 12.3. The van der Waals surface area contributed by atoms with Gasteiger partial charge in [-0.1, -0.05) is 80.3 Å². The van der Waals surface area contributed by atoms with E-state index in [2.05, 4.69) is 17.5 Å². The number of unbranched alkanes of at least 4 members (excludes halogenated alkanes) is 5. The van der Waals surface area contributed by atoms with Crippen molar-refractivity contribution in [2.75, 3.05) is 0 Å². The Morgan fingerprint density at radius 2 is 1.54 bits per heavy atom. The van der Waals surface area contributed by atoms with Crippen LogP contribution in [0.5, 0.6) is 5.75 Å². The average molecular weight is 553 g/mol. The summed E-state index contributed by atoms with van der Waals surface area (Å²) in [7, 11) is 0. The van der Waals surface area contributed by atoms with E-state index in [-0.39, 0.29) is 5.56 Å². The van der Waals surface area contributed by atoms with Gasteiger partial charge in [-0.2, -0.15) is 13.2 Å². The lowest BCUT2D eigenvalue weighted by Gasteiger charge is -2.16. The van der Waals surface area contributed by atoms with E-state index in [0.717, 1.165) is 55.4 Å². The summed E-state index contributed by atoms with van der Waals surface area (Å²) in [5.74, 6) is -0.186. The van der Waals surface area contributed by atoms with Gasteiger partial charge in [-0.15, -0.1) is 11.3 Å². The van der Waals surface area contributed by atoms with Crippen LogP contribution in [0.25, 0.3) is 10.8 Å². The van der Waals surface area contributed by atoms with E-state index in [0.29, 0.717) is 24.2 Å². The number of epoxide rings is 1. The molecule has 1 aromatic heterocycles. The molecule has 0 amide bonds. The highest BCUT2D eigenvalue weighted by Crippen LogP contribution is 2.45. The fourth-order valence-electron chi connectivity index (χ4n) is 5.16. The molecule has 1 aliphatic heterocycles. The van der Waals surface area contributed by atoms with Crippen molar-refractivity contribution >= 4 is 28.1 Å². The molecule has 0 bridgehead atoms. The van der Waals surface area contributed by atoms with Gasteiger partial charge in [0, 0.05) is 10.3 Å². The number of rotatable bonds is 12. The molecule has 1 aliphatic rings. The lowest BCUT2D eigenvalue weighted by molar-refractivity contribution is -0.138. The molecular weight excluding hydrogens is 521 g/mol. The largest absolute Gasteiger partial charge is 0.424 e. The van der Waals surface area contributed by atoms with Crippen molar-refractivity contribution < 1.29 is 27.4 Å². The van der Waals surface area contributed by atoms with Crippen LogP contribution in [0.4, 0.5) is 13.2 Å². The summed E-state index contributed by atoms with van der Waals surface area (Å²) in [4.78, 5) is 14.3. The third-order valence-corrected chi connectivity index (χ3v) is 8.12. The Hall–Kier alpha value is -3.16. The van der Waals surface area contributed by atoms with E-state index in [9.17, 15) is 18.0 Å². The van der Waals surface area contributed by atoms with Crippen molar-refractivity contribution in [3.63, 3.8) is 0 Å². The number of hydrogen-bond donors (Lipinski definition) is 0. The SMILES string of the molecule is O=C(Oc1cccc2ccccc12)[C@@H]1O[C@H]1c1cccc(C(F)(F)F)c1CCCCCCCCc1cccs1. The summed E-state index contributed by atoms with van der Waals surface area (Å²) in [6.45, 7) is 0. The quantitative estimate of drug-likeness (QED) is 0.0762. The molecule has 1 fully saturated rings. The molecule has 7 heteroatoms. The van der Waals surface area contributed by atoms with Crippen LogP contribution in [0.3, 0.4) is 0 Å². The normalized spacial score (nSPS) is 16.9. The number of benzene rings is 3. The Morgan fingerprint density at radius 1 is 0.821 bits per heavy atom. The van der Waals surface area contributed by atoms with Crippen molar-refractivity contribution in [3.05, 3.63) is 99.7 Å². The van der Waals surface area contributed by atoms with E-state index in [1.165, 1.54) is 10.9 Å². The molecule has 0 saturated carbocycles. The van der Waals surface area contributed by atoms with Crippen molar-refractivity contribution in [1.82, 2.24) is 0 Å². The monoisotopic (exact) mass is 552 g/mol. The molecule has 2 heterocycles. The van der Waals surface area contributed by atoms with Gasteiger partial charge in [-0.05, 0) is 65.8 Å². The standard InChI is InChI=1S/C32H31F3O3S/c33-32(34,35)27-19-10-18-26(25(27)17-6-4-2-1-3-5-14-23-15-11-21-39-23)29-30(38-29)31(36)37-28-20-9-13-22-12-7-8-16-24(22)28/h7-13,15-16,18-21,29-30H,1-6,14,17H2/t29-,30+/m0/s1. The molecule has 4 aromatic rings. The summed E-state index contributed by atoms with van der Waals surface area (Å²) in [5.41, 5.74) is 0.0152. The number of thiophene rings is 1. The van der Waals surface area contributed by atoms with Crippen LogP contribution in [-0.2, 0) is 28.5 Å². The van der Waals surface area contributed by atoms with Crippen molar-refractivity contribution in [2.24, 2.45) is 0 Å². The molecule has 0 aliphatic carbocycles. The Morgan fingerprint density at radius 3 is 2.31 bits per heavy atom. The first-order valence-electron chi connectivity index (χ1n) is 13.5. The van der Waals surface area contributed by atoms with Gasteiger partial charge in [0.2, 0.25) is 0 Å². The number of alkyl halides is 3. The number of halogens is 3. The number of ether oxygens (including phenoxy) is 2. The molecular formula is C32H31F3O3S. The second-order valence-electron chi connectivity index (χ2n) is 9.95. The number of carbonyl (C=O) groups excluding carboxylic acids is 1. The summed E-state index contributed by atoms with van der Waals surface area (Å²) >= 11 is 1.78. The minimum absolute atomic E-state index is 0.230. The zero-order chi connectivity index (χ0) is 27.2. The third-order valence-electron chi connectivity index (χ3n) is 7.19. The average Bonchev–Trinajstić information content (AvgIpc) is 3.56. The number of aryl methyl sites for hydroxylation is 1. The highest BCUT2D eigenvalue weighted by Gasteiger charge is 2.49. The minimum atomic E-state index is -4.47. The fourth-order valence-corrected chi connectivity index (χ4v) is 5.91. The first kappa shape index (κ1) is 27.4. The molecule has 2 atom stereocenters. The summed E-state index contributed by atoms with van der Waals surface area (Å²) < 4.78 is 53.0. The molecule has 5 rings (SSSR count). The minimum Gasteiger partial charge on any atom is -0.424 e. The lowest BCUT2D eigenvalue weighted by Crippen LogP contribution is -2.17. The maximum Gasteiger partial charge on any atom is 0.416 e. The van der Waals surface area contributed by atoms with Crippen LogP contribution < -0.4 is 4.74 Å². The van der Waals surface area contributed by atoms with Gasteiger partial charge >= 0.3 is 12.1 Å². The van der Waals surface area contributed by atoms with Gasteiger partial charge in [0.1, 0.15) is 11.9 Å². The molecule has 1 saturated heterocycles. The maximum atomic E-state index is 13.9. The van der Waals surface area contributed by atoms with Gasteiger partial charge in [-0.3, -0.25) is 0 Å². The molecule has 0 N–H and O–H groups in total. The summed E-state index contributed by atoms with van der Waals surface area (Å²) in [6.07, 6.45) is 1.11. The van der Waals surface area contributed by atoms with Gasteiger partial charge in [-0.25, -0.2) is 4.79 Å². The topological polar surface area (TPSA) is 38.8 Å². The van der Waals surface area contributed by atoms with Gasteiger partial charge in [0.15, 0.2) is 6.10 Å². The smallest absolute Gasteiger partial charge is 0.416 e. The van der Waals surface area contributed by atoms with Crippen molar-refractivity contribution in [3.8, 4) is 5.75 Å². The molecule has 0 spiro atoms. The van der Waals surface area contributed by atoms with E-state index in [1.807, 2.05) is 30.3 Å². The van der Waals surface area contributed by atoms with E-state index in [1.54, 1.807) is 29.5 Å². The van der Waals surface area contributed by atoms with E-state index in [4.69, 9.17) is 9.47 Å². The van der Waals surface area contributed by atoms with Gasteiger partial charge < -0.3 is 9.47 Å². The van der Waals surface area contributed by atoms with E-state index < -0.39 is 29.9 Å². The number of fused-ring (bicyclic) bond motifs is 1. The number of esters is 1. The van der Waals surface area contributed by atoms with Crippen LogP contribution in [-0.4, -0.2) is 12.1 Å². The Kier molecular flexibility index (Phi) is 8.68. The third kappa shape index (κ3) is 6.89. The van der Waals surface area contributed by atoms with Crippen LogP contribution >= 0.6 is 11.3 Å². The van der Waals surface area contributed by atoms with Gasteiger partial charge in [0.05, 0.1) is 5.56 Å². The van der Waals surface area contributed by atoms with Crippen LogP contribution in [0.15, 0.2) is 78.2 Å². The number of carbonyl (C=O) groups is 1. The molecule has 39 heavy (non-hydrogen) atoms. The Bertz CT molecular complexity index is 1390. The first-order valence-corrected chi connectivity index (χ1v) is 14.4. The first-order chi connectivity index (χ1) is 18.9. The summed E-state index contributed by atoms with van der Waals surface area (Å²) in [5, 5.41) is 3.81. The maximum absolute atomic E-state index is 13.9. The predicted octanol–water partition coefficient (Wildman–Crippen LogP) is 9.09. The van der Waals surface area contributed by atoms with Crippen molar-refractivity contribution in [1.29, 1.82) is 0 Å². The molecule has 0 unspecified atom stereocenters. The fraction of sp³-hybridized carbons (Fsp3) is 0.344. The molecule has 3 aromatic carbocycles. The zero-order valence-corrected chi connectivity index (χ0v) is 22.4. The lowest BCUT2D eigenvalue weighted by atomic mass is 9.92. The second-order valence-corrected chi connectivity index (χ2v) is 11.0. The zero-order valence-electron chi connectivity index (χ0n) is 21.6. The van der Waals surface area contributed by atoms with E-state index >= 15 is 0 Å². The molecule has 3 nitrogen and oxygen atoms in total. The highest BCUT2D eigenvalue weighted by atomic mass is 32.1. The van der Waals surface area contributed by atoms with Crippen LogP contribution in [0.1, 0.15) is 66.2 Å². The van der Waals surface area contributed by atoms with Crippen molar-refractivity contribution in [2.45, 2.75) is 69.8 Å². The molecule has 0 radical (unpaired) electrons. The predicted molar refractivity (Wildman–Crippen MR) is 148 cm³/mol. The highest BCUT2D eigenvalue weighted by molar-refractivity contribution is 7.09. The number of hydrogen-bond acceptors (Lipinski definition) is 4.